The molecule has 0 spiro atoms. The van der Waals surface area contributed by atoms with Gasteiger partial charge in [-0.2, -0.15) is 0 Å². The molecular weight excluding hydrogens is 284 g/mol. The quantitative estimate of drug-likeness (QED) is 0.631. The third-order valence-corrected chi connectivity index (χ3v) is 2.28. The van der Waals surface area contributed by atoms with Gasteiger partial charge in [-0.3, -0.25) is 9.59 Å². The number of furan rings is 1. The number of allylic oxidation sites excluding steroid dienone is 2. The Bertz CT molecular complexity index is 647. The molecule has 0 amide bonds. The minimum atomic E-state index is -1.01. The molecule has 2 atom stereocenters. The van der Waals surface area contributed by atoms with E-state index in [1.165, 1.54) is 20.1 Å². The highest BCUT2D eigenvalue weighted by Crippen LogP contribution is 2.24. The molecule has 0 N–H and O–H groups in total. The van der Waals surface area contributed by atoms with Gasteiger partial charge in [0.2, 0.25) is 12.2 Å². The first-order chi connectivity index (χ1) is 10.5. The normalized spacial score (nSPS) is 12.3. The van der Waals surface area contributed by atoms with Crippen LogP contribution in [-0.4, -0.2) is 18.0 Å². The predicted molar refractivity (Wildman–Crippen MR) is 79.1 cm³/mol. The summed E-state index contributed by atoms with van der Waals surface area (Å²) in [7, 11) is 0. The van der Waals surface area contributed by atoms with Crippen molar-refractivity contribution < 1.29 is 23.5 Å². The first-order valence-corrected chi connectivity index (χ1v) is 6.54. The Morgan fingerprint density at radius 2 is 1.95 bits per heavy atom. The molecular formula is C17H16O5. The van der Waals surface area contributed by atoms with Gasteiger partial charge in [0.05, 0.1) is 6.26 Å². The highest BCUT2D eigenvalue weighted by molar-refractivity contribution is 5.68. The molecule has 0 aliphatic heterocycles. The van der Waals surface area contributed by atoms with E-state index in [1.54, 1.807) is 24.3 Å². The number of carbonyl (C=O) groups is 2. The summed E-state index contributed by atoms with van der Waals surface area (Å²) in [5, 5.41) is 0. The zero-order valence-electron chi connectivity index (χ0n) is 12.6. The van der Waals surface area contributed by atoms with Crippen molar-refractivity contribution in [3.8, 4) is 23.7 Å². The van der Waals surface area contributed by atoms with Gasteiger partial charge in [0.25, 0.3) is 0 Å². The zero-order valence-corrected chi connectivity index (χ0v) is 12.6. The summed E-state index contributed by atoms with van der Waals surface area (Å²) >= 11 is 0. The number of hydrogen-bond donors (Lipinski definition) is 0. The van der Waals surface area contributed by atoms with Crippen molar-refractivity contribution in [2.75, 3.05) is 0 Å². The average molecular weight is 300 g/mol. The van der Waals surface area contributed by atoms with E-state index in [0.29, 0.717) is 5.76 Å². The summed E-state index contributed by atoms with van der Waals surface area (Å²) in [5.41, 5.74) is 0. The number of carbonyl (C=O) groups excluding carboxylic acids is 2. The fourth-order valence-corrected chi connectivity index (χ4v) is 1.52. The fraction of sp³-hybridized carbons (Fsp3) is 0.294. The molecule has 1 heterocycles. The summed E-state index contributed by atoms with van der Waals surface area (Å²) in [6.45, 7) is 4.32. The first-order valence-electron chi connectivity index (χ1n) is 6.54. The lowest BCUT2D eigenvalue weighted by Gasteiger charge is -2.20. The summed E-state index contributed by atoms with van der Waals surface area (Å²) in [6.07, 6.45) is 2.87. The van der Waals surface area contributed by atoms with E-state index >= 15 is 0 Å². The molecule has 1 aromatic rings. The molecule has 2 unspecified atom stereocenters. The Morgan fingerprint density at radius 3 is 2.50 bits per heavy atom. The molecule has 0 saturated carbocycles. The Morgan fingerprint density at radius 1 is 1.23 bits per heavy atom. The standard InChI is InChI=1S/C17H16O5/c1-4-5-6-7-8-10-16(21-13(2)18)17(22-14(3)19)15-11-9-12-20-15/h4-5,9,11-12,16-17H,1-3H3/b5-4+. The molecule has 0 aromatic carbocycles. The molecule has 0 bridgehead atoms. The van der Waals surface area contributed by atoms with Gasteiger partial charge in [-0.05, 0) is 42.9 Å². The third kappa shape index (κ3) is 6.02. The smallest absolute Gasteiger partial charge is 0.304 e. The van der Waals surface area contributed by atoms with Crippen LogP contribution in [-0.2, 0) is 19.1 Å². The number of rotatable bonds is 4. The summed E-state index contributed by atoms with van der Waals surface area (Å²) in [6, 6.07) is 3.24. The Labute approximate surface area is 129 Å². The molecule has 1 rings (SSSR count). The first kappa shape index (κ1) is 17.1. The van der Waals surface area contributed by atoms with Crippen LogP contribution in [0.3, 0.4) is 0 Å². The topological polar surface area (TPSA) is 65.7 Å². The molecule has 22 heavy (non-hydrogen) atoms. The second-order valence-corrected chi connectivity index (χ2v) is 4.11. The Hall–Kier alpha value is -2.92. The maximum absolute atomic E-state index is 11.3. The maximum atomic E-state index is 11.3. The van der Waals surface area contributed by atoms with Gasteiger partial charge >= 0.3 is 11.9 Å². The second kappa shape index (κ2) is 9.10. The van der Waals surface area contributed by atoms with E-state index in [1.807, 2.05) is 6.92 Å². The SMILES string of the molecule is C/C=C/C#CC#CC(OC(C)=O)C(OC(C)=O)c1ccco1. The van der Waals surface area contributed by atoms with Crippen LogP contribution in [0.25, 0.3) is 0 Å². The number of ether oxygens (including phenoxy) is 2. The molecule has 0 fully saturated rings. The molecule has 5 nitrogen and oxygen atoms in total. The molecule has 5 heteroatoms. The van der Waals surface area contributed by atoms with Crippen LogP contribution < -0.4 is 0 Å². The second-order valence-electron chi connectivity index (χ2n) is 4.11. The maximum Gasteiger partial charge on any atom is 0.304 e. The largest absolute Gasteiger partial charge is 0.465 e. The van der Waals surface area contributed by atoms with E-state index < -0.39 is 24.1 Å². The highest BCUT2D eigenvalue weighted by Gasteiger charge is 2.29. The minimum absolute atomic E-state index is 0.331. The van der Waals surface area contributed by atoms with E-state index in [9.17, 15) is 9.59 Å². The van der Waals surface area contributed by atoms with Gasteiger partial charge < -0.3 is 13.9 Å². The van der Waals surface area contributed by atoms with E-state index in [-0.39, 0.29) is 0 Å². The molecule has 0 aliphatic rings. The summed E-state index contributed by atoms with van der Waals surface area (Å²) < 4.78 is 15.5. The lowest BCUT2D eigenvalue weighted by molar-refractivity contribution is -0.162. The summed E-state index contributed by atoms with van der Waals surface area (Å²) in [5.74, 6) is 9.74. The van der Waals surface area contributed by atoms with Crippen molar-refractivity contribution in [1.82, 2.24) is 0 Å². The fourth-order valence-electron chi connectivity index (χ4n) is 1.52. The summed E-state index contributed by atoms with van der Waals surface area (Å²) in [4.78, 5) is 22.5. The lowest BCUT2D eigenvalue weighted by Crippen LogP contribution is -2.26. The number of hydrogen-bond acceptors (Lipinski definition) is 5. The van der Waals surface area contributed by atoms with Crippen LogP contribution in [0, 0.1) is 23.7 Å². The lowest BCUT2D eigenvalue weighted by atomic mass is 10.1. The van der Waals surface area contributed by atoms with Gasteiger partial charge in [-0.15, -0.1) is 0 Å². The van der Waals surface area contributed by atoms with Crippen LogP contribution in [0.5, 0.6) is 0 Å². The van der Waals surface area contributed by atoms with Crippen molar-refractivity contribution in [3.05, 3.63) is 36.3 Å². The predicted octanol–water partition coefficient (Wildman–Crippen LogP) is 2.40. The molecule has 0 radical (unpaired) electrons. The molecule has 114 valence electrons. The van der Waals surface area contributed by atoms with Crippen LogP contribution >= 0.6 is 0 Å². The van der Waals surface area contributed by atoms with Crippen molar-refractivity contribution in [1.29, 1.82) is 0 Å². The van der Waals surface area contributed by atoms with Gasteiger partial charge in [0, 0.05) is 13.8 Å². The van der Waals surface area contributed by atoms with Crippen LogP contribution in [0.1, 0.15) is 32.6 Å². The molecule has 0 saturated heterocycles. The van der Waals surface area contributed by atoms with Gasteiger partial charge in [-0.1, -0.05) is 12.0 Å². The third-order valence-electron chi connectivity index (χ3n) is 2.28. The van der Waals surface area contributed by atoms with Crippen molar-refractivity contribution in [2.24, 2.45) is 0 Å². The highest BCUT2D eigenvalue weighted by atomic mass is 16.6. The minimum Gasteiger partial charge on any atom is -0.465 e. The van der Waals surface area contributed by atoms with Gasteiger partial charge in [-0.25, -0.2) is 0 Å². The monoisotopic (exact) mass is 300 g/mol. The van der Waals surface area contributed by atoms with Crippen molar-refractivity contribution in [3.63, 3.8) is 0 Å². The van der Waals surface area contributed by atoms with Crippen molar-refractivity contribution in [2.45, 2.75) is 33.0 Å². The zero-order chi connectivity index (χ0) is 16.4. The van der Waals surface area contributed by atoms with E-state index in [4.69, 9.17) is 13.9 Å². The Kier molecular flexibility index (Phi) is 7.08. The number of esters is 2. The average Bonchev–Trinajstić information content (AvgIpc) is 2.96. The van der Waals surface area contributed by atoms with Gasteiger partial charge in [0.15, 0.2) is 0 Å². The van der Waals surface area contributed by atoms with Crippen LogP contribution in [0.4, 0.5) is 0 Å². The van der Waals surface area contributed by atoms with Crippen LogP contribution in [0.15, 0.2) is 35.0 Å². The van der Waals surface area contributed by atoms with E-state index in [2.05, 4.69) is 23.7 Å². The van der Waals surface area contributed by atoms with Gasteiger partial charge in [0.1, 0.15) is 5.76 Å². The van der Waals surface area contributed by atoms with Crippen molar-refractivity contribution >= 4 is 11.9 Å². The Balaban J connectivity index is 3.06. The van der Waals surface area contributed by atoms with E-state index in [0.717, 1.165) is 0 Å². The molecule has 0 aliphatic carbocycles. The molecule has 1 aromatic heterocycles. The van der Waals surface area contributed by atoms with Crippen LogP contribution in [0.2, 0.25) is 0 Å².